The standard InChI is InChI=1S/C17H13N5O3/c1-24-13-9-7-11(8-10-13)15-18-16(20-19-15)14-17(23)25-21-22(14)12-5-3-2-4-6-12/h2-10,21H,1H3/b16-14-. The van der Waals surface area contributed by atoms with Crippen LogP contribution in [-0.4, -0.2) is 18.9 Å². The topological polar surface area (TPSA) is 87.9 Å². The molecule has 8 heteroatoms. The first-order chi connectivity index (χ1) is 12.3. The van der Waals surface area contributed by atoms with Gasteiger partial charge in [-0.3, -0.25) is 0 Å². The van der Waals surface area contributed by atoms with Crippen molar-refractivity contribution in [2.75, 3.05) is 12.1 Å². The quantitative estimate of drug-likeness (QED) is 0.871. The van der Waals surface area contributed by atoms with Crippen molar-refractivity contribution in [1.82, 2.24) is 5.59 Å². The van der Waals surface area contributed by atoms with E-state index in [1.165, 1.54) is 5.01 Å². The van der Waals surface area contributed by atoms with Crippen LogP contribution in [0.1, 0.15) is 5.56 Å². The molecule has 0 amide bonds. The van der Waals surface area contributed by atoms with Crippen LogP contribution in [0.3, 0.4) is 0 Å². The largest absolute Gasteiger partial charge is 0.497 e. The van der Waals surface area contributed by atoms with Gasteiger partial charge in [-0.2, -0.15) is 0 Å². The molecule has 8 nitrogen and oxygen atoms in total. The van der Waals surface area contributed by atoms with Crippen molar-refractivity contribution in [3.8, 4) is 5.75 Å². The first kappa shape index (κ1) is 15.0. The lowest BCUT2D eigenvalue weighted by molar-refractivity contribution is -0.140. The lowest BCUT2D eigenvalue weighted by Gasteiger charge is -2.14. The third-order valence-corrected chi connectivity index (χ3v) is 3.67. The molecule has 4 rings (SSSR count). The maximum Gasteiger partial charge on any atom is 0.380 e. The van der Waals surface area contributed by atoms with E-state index in [1.54, 1.807) is 19.2 Å². The maximum absolute atomic E-state index is 12.1. The molecule has 2 heterocycles. The van der Waals surface area contributed by atoms with Gasteiger partial charge in [-0.05, 0) is 36.4 Å². The molecule has 2 aromatic rings. The van der Waals surface area contributed by atoms with Crippen LogP contribution in [0.5, 0.6) is 5.75 Å². The van der Waals surface area contributed by atoms with Gasteiger partial charge < -0.3 is 9.57 Å². The number of nitrogens with zero attached hydrogens (tertiary/aromatic N) is 4. The lowest BCUT2D eigenvalue weighted by atomic mass is 10.2. The number of nitrogens with one attached hydrogen (secondary N) is 1. The number of hydrazine groups is 1. The number of carbonyl (C=O) groups excluding carboxylic acids is 1. The molecule has 2 aromatic carbocycles. The Morgan fingerprint density at radius 3 is 2.52 bits per heavy atom. The predicted molar refractivity (Wildman–Crippen MR) is 89.6 cm³/mol. The second-order valence-electron chi connectivity index (χ2n) is 5.19. The van der Waals surface area contributed by atoms with E-state index < -0.39 is 5.97 Å². The van der Waals surface area contributed by atoms with Crippen LogP contribution < -0.4 is 15.3 Å². The number of para-hydroxylation sites is 1. The summed E-state index contributed by atoms with van der Waals surface area (Å²) in [5.74, 6) is 0.761. The Morgan fingerprint density at radius 2 is 1.80 bits per heavy atom. The normalized spacial score (nSPS) is 19.2. The Morgan fingerprint density at radius 1 is 1.04 bits per heavy atom. The molecule has 0 bridgehead atoms. The van der Waals surface area contributed by atoms with Gasteiger partial charge in [-0.25, -0.2) is 14.8 Å². The molecule has 2 aliphatic heterocycles. The van der Waals surface area contributed by atoms with E-state index in [-0.39, 0.29) is 11.5 Å². The fourth-order valence-corrected chi connectivity index (χ4v) is 2.42. The van der Waals surface area contributed by atoms with Crippen molar-refractivity contribution < 1.29 is 14.4 Å². The third-order valence-electron chi connectivity index (χ3n) is 3.67. The summed E-state index contributed by atoms with van der Waals surface area (Å²) >= 11 is 0. The summed E-state index contributed by atoms with van der Waals surface area (Å²) in [6, 6.07) is 16.5. The van der Waals surface area contributed by atoms with Gasteiger partial charge in [0.2, 0.25) is 5.82 Å². The maximum atomic E-state index is 12.1. The molecule has 25 heavy (non-hydrogen) atoms. The third kappa shape index (κ3) is 2.74. The van der Waals surface area contributed by atoms with Gasteiger partial charge in [0, 0.05) is 5.56 Å². The Kier molecular flexibility index (Phi) is 3.71. The van der Waals surface area contributed by atoms with Crippen molar-refractivity contribution in [3.05, 3.63) is 71.7 Å². The van der Waals surface area contributed by atoms with Gasteiger partial charge in [0.05, 0.1) is 12.8 Å². The lowest BCUT2D eigenvalue weighted by Crippen LogP contribution is -2.29. The van der Waals surface area contributed by atoms with Crippen LogP contribution >= 0.6 is 0 Å². The van der Waals surface area contributed by atoms with Crippen LogP contribution in [0.2, 0.25) is 0 Å². The van der Waals surface area contributed by atoms with E-state index in [2.05, 4.69) is 20.8 Å². The summed E-state index contributed by atoms with van der Waals surface area (Å²) in [5.41, 5.74) is 4.23. The van der Waals surface area contributed by atoms with Crippen molar-refractivity contribution in [2.24, 2.45) is 15.2 Å². The number of azo groups is 1. The van der Waals surface area contributed by atoms with Crippen molar-refractivity contribution in [2.45, 2.75) is 0 Å². The minimum Gasteiger partial charge on any atom is -0.497 e. The van der Waals surface area contributed by atoms with Crippen LogP contribution in [0.4, 0.5) is 5.69 Å². The highest BCUT2D eigenvalue weighted by atomic mass is 16.7. The fraction of sp³-hybridized carbons (Fsp3) is 0.0588. The first-order valence-corrected chi connectivity index (χ1v) is 7.47. The Balaban J connectivity index is 1.71. The van der Waals surface area contributed by atoms with Crippen molar-refractivity contribution in [3.63, 3.8) is 0 Å². The first-order valence-electron chi connectivity index (χ1n) is 7.47. The predicted octanol–water partition coefficient (Wildman–Crippen LogP) is 2.56. The average molecular weight is 335 g/mol. The van der Waals surface area contributed by atoms with Gasteiger partial charge in [0.25, 0.3) is 0 Å². The zero-order valence-corrected chi connectivity index (χ0v) is 13.2. The summed E-state index contributed by atoms with van der Waals surface area (Å²) in [6.45, 7) is 0. The van der Waals surface area contributed by atoms with E-state index >= 15 is 0 Å². The number of ether oxygens (including phenoxy) is 1. The molecule has 0 radical (unpaired) electrons. The van der Waals surface area contributed by atoms with E-state index in [9.17, 15) is 4.79 Å². The molecule has 0 saturated carbocycles. The smallest absolute Gasteiger partial charge is 0.380 e. The highest BCUT2D eigenvalue weighted by Crippen LogP contribution is 2.28. The Bertz CT molecular complexity index is 904. The van der Waals surface area contributed by atoms with Crippen LogP contribution in [-0.2, 0) is 9.63 Å². The second kappa shape index (κ2) is 6.17. The molecule has 0 unspecified atom stereocenters. The SMILES string of the molecule is COc1ccc(C2=N/C(=C3\C(=O)ONN3c3ccccc3)N=N2)cc1. The molecule has 1 saturated heterocycles. The fourth-order valence-electron chi connectivity index (χ4n) is 2.42. The van der Waals surface area contributed by atoms with Crippen LogP contribution in [0.15, 0.2) is 81.3 Å². The summed E-state index contributed by atoms with van der Waals surface area (Å²) < 4.78 is 5.13. The number of hydrogen-bond acceptors (Lipinski definition) is 8. The number of hydrogen-bond donors (Lipinski definition) is 1. The molecule has 0 spiro atoms. The van der Waals surface area contributed by atoms with E-state index in [0.29, 0.717) is 5.84 Å². The molecule has 1 N–H and O–H groups in total. The minimum atomic E-state index is -0.572. The minimum absolute atomic E-state index is 0.179. The van der Waals surface area contributed by atoms with Crippen LogP contribution in [0, 0.1) is 0 Å². The van der Waals surface area contributed by atoms with Gasteiger partial charge in [0.1, 0.15) is 5.75 Å². The van der Waals surface area contributed by atoms with E-state index in [4.69, 9.17) is 9.57 Å². The number of anilines is 1. The molecular formula is C17H13N5O3. The summed E-state index contributed by atoms with van der Waals surface area (Å²) in [6.07, 6.45) is 0. The number of rotatable bonds is 3. The highest BCUT2D eigenvalue weighted by Gasteiger charge is 2.34. The van der Waals surface area contributed by atoms with Crippen molar-refractivity contribution >= 4 is 17.5 Å². The Labute approximate surface area is 143 Å². The Hall–Kier alpha value is -3.52. The zero-order valence-electron chi connectivity index (χ0n) is 13.2. The van der Waals surface area contributed by atoms with Crippen molar-refractivity contribution in [1.29, 1.82) is 0 Å². The number of carbonyl (C=O) groups is 1. The van der Waals surface area contributed by atoms with Gasteiger partial charge in [0.15, 0.2) is 11.5 Å². The highest BCUT2D eigenvalue weighted by molar-refractivity contribution is 6.02. The molecule has 124 valence electrons. The zero-order chi connectivity index (χ0) is 17.2. The second-order valence-corrected chi connectivity index (χ2v) is 5.19. The summed E-state index contributed by atoms with van der Waals surface area (Å²) in [4.78, 5) is 21.4. The van der Waals surface area contributed by atoms with Crippen LogP contribution in [0.25, 0.3) is 0 Å². The molecule has 0 aliphatic carbocycles. The molecular weight excluding hydrogens is 322 g/mol. The number of benzene rings is 2. The van der Waals surface area contributed by atoms with Gasteiger partial charge >= 0.3 is 5.97 Å². The van der Waals surface area contributed by atoms with Gasteiger partial charge in [-0.1, -0.05) is 23.8 Å². The molecule has 2 aliphatic rings. The average Bonchev–Trinajstić information content (AvgIpc) is 3.29. The summed E-state index contributed by atoms with van der Waals surface area (Å²) in [5, 5.41) is 9.58. The number of aliphatic imine (C=N–C) groups is 1. The monoisotopic (exact) mass is 335 g/mol. The van der Waals surface area contributed by atoms with Gasteiger partial charge in [-0.15, -0.1) is 10.2 Å². The summed E-state index contributed by atoms with van der Waals surface area (Å²) in [7, 11) is 1.60. The molecule has 0 aromatic heterocycles. The molecule has 1 fully saturated rings. The number of methoxy groups -OCH3 is 1. The van der Waals surface area contributed by atoms with E-state index in [1.807, 2.05) is 42.5 Å². The number of amidine groups is 1. The molecule has 0 atom stereocenters. The van der Waals surface area contributed by atoms with E-state index in [0.717, 1.165) is 17.0 Å².